The maximum atomic E-state index is 10.1. The van der Waals surface area contributed by atoms with Crippen molar-refractivity contribution in [3.8, 4) is 0 Å². The molecule has 110 valence electrons. The highest BCUT2D eigenvalue weighted by Gasteiger charge is 2.08. The van der Waals surface area contributed by atoms with E-state index in [4.69, 9.17) is 23.8 Å². The maximum absolute atomic E-state index is 10.1. The fraction of sp³-hybridized carbons (Fsp3) is 0.188. The Labute approximate surface area is 135 Å². The zero-order valence-electron chi connectivity index (χ0n) is 11.6. The van der Waals surface area contributed by atoms with E-state index in [-0.39, 0.29) is 0 Å². The lowest BCUT2D eigenvalue weighted by Gasteiger charge is -2.16. The largest absolute Gasteiger partial charge is 0.387 e. The van der Waals surface area contributed by atoms with Crippen LogP contribution in [0.1, 0.15) is 17.2 Å². The van der Waals surface area contributed by atoms with E-state index in [1.165, 1.54) is 0 Å². The van der Waals surface area contributed by atoms with Crippen molar-refractivity contribution in [1.29, 1.82) is 0 Å². The smallest absolute Gasteiger partial charge is 0.170 e. The molecule has 3 nitrogen and oxygen atoms in total. The molecule has 0 unspecified atom stereocenters. The van der Waals surface area contributed by atoms with Gasteiger partial charge in [-0.1, -0.05) is 41.9 Å². The average molecular weight is 321 g/mol. The molecule has 3 N–H and O–H groups in total. The van der Waals surface area contributed by atoms with Gasteiger partial charge in [0.1, 0.15) is 0 Å². The third kappa shape index (κ3) is 4.70. The topological polar surface area (TPSA) is 44.3 Å². The summed E-state index contributed by atoms with van der Waals surface area (Å²) in [6.07, 6.45) is -0.600. The van der Waals surface area contributed by atoms with Crippen molar-refractivity contribution >= 4 is 34.6 Å². The lowest BCUT2D eigenvalue weighted by atomic mass is 10.1. The van der Waals surface area contributed by atoms with E-state index < -0.39 is 6.10 Å². The molecule has 0 amide bonds. The summed E-state index contributed by atoms with van der Waals surface area (Å²) in [4.78, 5) is 0. The number of hydrogen-bond donors (Lipinski definition) is 3. The van der Waals surface area contributed by atoms with Gasteiger partial charge in [0.2, 0.25) is 0 Å². The Balaban J connectivity index is 1.87. The number of rotatable bonds is 4. The van der Waals surface area contributed by atoms with Gasteiger partial charge < -0.3 is 15.7 Å². The summed E-state index contributed by atoms with van der Waals surface area (Å²) in [6, 6.07) is 15.0. The molecular formula is C16H17ClN2OS. The van der Waals surface area contributed by atoms with Crippen molar-refractivity contribution in [2.75, 3.05) is 11.9 Å². The minimum absolute atomic E-state index is 0.350. The Morgan fingerprint density at radius 2 is 1.95 bits per heavy atom. The molecule has 0 aromatic heterocycles. The van der Waals surface area contributed by atoms with Gasteiger partial charge in [-0.05, 0) is 48.5 Å². The summed E-state index contributed by atoms with van der Waals surface area (Å²) >= 11 is 11.1. The zero-order chi connectivity index (χ0) is 15.2. The second kappa shape index (κ2) is 7.41. The first-order valence-electron chi connectivity index (χ1n) is 6.60. The Morgan fingerprint density at radius 1 is 1.24 bits per heavy atom. The summed E-state index contributed by atoms with van der Waals surface area (Å²) in [7, 11) is 0. The number of benzene rings is 2. The average Bonchev–Trinajstić information content (AvgIpc) is 2.48. The van der Waals surface area contributed by atoms with Crippen LogP contribution in [0.3, 0.4) is 0 Å². The third-order valence-corrected chi connectivity index (χ3v) is 3.56. The van der Waals surface area contributed by atoms with Gasteiger partial charge in [0.25, 0.3) is 0 Å². The number of anilines is 1. The predicted molar refractivity (Wildman–Crippen MR) is 91.8 cm³/mol. The minimum atomic E-state index is -0.600. The standard InChI is InChI=1S/C16H17ClN2OS/c1-11-9-13(17)7-8-14(11)19-16(21)18-10-15(20)12-5-3-2-4-6-12/h2-9,15,20H,10H2,1H3,(H2,18,19,21)/t15-/m0/s1. The molecule has 0 heterocycles. The molecule has 0 radical (unpaired) electrons. The predicted octanol–water partition coefficient (Wildman–Crippen LogP) is 3.67. The van der Waals surface area contributed by atoms with Crippen molar-refractivity contribution in [3.63, 3.8) is 0 Å². The molecule has 0 aliphatic heterocycles. The van der Waals surface area contributed by atoms with Crippen LogP contribution in [0, 0.1) is 6.92 Å². The van der Waals surface area contributed by atoms with E-state index in [9.17, 15) is 5.11 Å². The summed E-state index contributed by atoms with van der Waals surface area (Å²) in [6.45, 7) is 2.30. The van der Waals surface area contributed by atoms with Crippen LogP contribution in [0.5, 0.6) is 0 Å². The summed E-state index contributed by atoms with van der Waals surface area (Å²) in [5, 5.41) is 17.3. The van der Waals surface area contributed by atoms with Crippen molar-refractivity contribution in [1.82, 2.24) is 5.32 Å². The highest BCUT2D eigenvalue weighted by Crippen LogP contribution is 2.19. The van der Waals surface area contributed by atoms with Gasteiger partial charge in [-0.2, -0.15) is 0 Å². The SMILES string of the molecule is Cc1cc(Cl)ccc1NC(=S)NC[C@H](O)c1ccccc1. The molecular weight excluding hydrogens is 304 g/mol. The van der Waals surface area contributed by atoms with Crippen molar-refractivity contribution < 1.29 is 5.11 Å². The molecule has 1 atom stereocenters. The highest BCUT2D eigenvalue weighted by atomic mass is 35.5. The first-order chi connectivity index (χ1) is 10.1. The normalized spacial score (nSPS) is 11.8. The van der Waals surface area contributed by atoms with E-state index in [1.54, 1.807) is 6.07 Å². The van der Waals surface area contributed by atoms with Gasteiger partial charge >= 0.3 is 0 Å². The quantitative estimate of drug-likeness (QED) is 0.752. The molecule has 0 spiro atoms. The van der Waals surface area contributed by atoms with Crippen LogP contribution < -0.4 is 10.6 Å². The van der Waals surface area contributed by atoms with E-state index in [2.05, 4.69) is 10.6 Å². The van der Waals surface area contributed by atoms with Crippen molar-refractivity contribution in [2.45, 2.75) is 13.0 Å². The molecule has 5 heteroatoms. The van der Waals surface area contributed by atoms with Crippen LogP contribution in [0.25, 0.3) is 0 Å². The Bertz CT molecular complexity index is 619. The molecule has 21 heavy (non-hydrogen) atoms. The lowest BCUT2D eigenvalue weighted by molar-refractivity contribution is 0.181. The number of aliphatic hydroxyl groups excluding tert-OH is 1. The first-order valence-corrected chi connectivity index (χ1v) is 7.39. The second-order valence-electron chi connectivity index (χ2n) is 4.72. The van der Waals surface area contributed by atoms with Gasteiger partial charge in [0.05, 0.1) is 6.10 Å². The highest BCUT2D eigenvalue weighted by molar-refractivity contribution is 7.80. The summed E-state index contributed by atoms with van der Waals surface area (Å²) in [5.74, 6) is 0. The monoisotopic (exact) mass is 320 g/mol. The number of aryl methyl sites for hydroxylation is 1. The van der Waals surface area contributed by atoms with Gasteiger partial charge in [0.15, 0.2) is 5.11 Å². The zero-order valence-corrected chi connectivity index (χ0v) is 13.2. The van der Waals surface area contributed by atoms with Crippen LogP contribution in [0.2, 0.25) is 5.02 Å². The van der Waals surface area contributed by atoms with E-state index >= 15 is 0 Å². The Hall–Kier alpha value is -1.62. The lowest BCUT2D eigenvalue weighted by Crippen LogP contribution is -2.32. The van der Waals surface area contributed by atoms with Crippen molar-refractivity contribution in [3.05, 3.63) is 64.7 Å². The van der Waals surface area contributed by atoms with Gasteiger partial charge in [-0.25, -0.2) is 0 Å². The van der Waals surface area contributed by atoms with Crippen LogP contribution in [-0.2, 0) is 0 Å². The number of halogens is 1. The van der Waals surface area contributed by atoms with E-state index in [1.807, 2.05) is 49.4 Å². The molecule has 0 aliphatic rings. The summed E-state index contributed by atoms with van der Waals surface area (Å²) < 4.78 is 0. The van der Waals surface area contributed by atoms with Crippen LogP contribution in [0.15, 0.2) is 48.5 Å². The Kier molecular flexibility index (Phi) is 5.56. The molecule has 2 rings (SSSR count). The Morgan fingerprint density at radius 3 is 2.62 bits per heavy atom. The number of hydrogen-bond acceptors (Lipinski definition) is 2. The second-order valence-corrected chi connectivity index (χ2v) is 5.57. The number of aliphatic hydroxyl groups is 1. The van der Waals surface area contributed by atoms with E-state index in [0.29, 0.717) is 16.7 Å². The van der Waals surface area contributed by atoms with Crippen molar-refractivity contribution in [2.24, 2.45) is 0 Å². The minimum Gasteiger partial charge on any atom is -0.387 e. The van der Waals surface area contributed by atoms with Crippen LogP contribution >= 0.6 is 23.8 Å². The maximum Gasteiger partial charge on any atom is 0.170 e. The molecule has 2 aromatic carbocycles. The molecule has 0 fully saturated rings. The molecule has 0 bridgehead atoms. The van der Waals surface area contributed by atoms with Gasteiger partial charge in [-0.3, -0.25) is 0 Å². The molecule has 0 aliphatic carbocycles. The van der Waals surface area contributed by atoms with Crippen LogP contribution in [-0.4, -0.2) is 16.8 Å². The van der Waals surface area contributed by atoms with Gasteiger partial charge in [0, 0.05) is 17.3 Å². The summed E-state index contributed by atoms with van der Waals surface area (Å²) in [5.41, 5.74) is 2.76. The fourth-order valence-corrected chi connectivity index (χ4v) is 2.34. The third-order valence-electron chi connectivity index (χ3n) is 3.08. The van der Waals surface area contributed by atoms with E-state index in [0.717, 1.165) is 16.8 Å². The molecule has 2 aromatic rings. The fourth-order valence-electron chi connectivity index (χ4n) is 1.92. The number of nitrogens with one attached hydrogen (secondary N) is 2. The molecule has 0 saturated heterocycles. The first kappa shape index (κ1) is 15.8. The molecule has 0 saturated carbocycles. The van der Waals surface area contributed by atoms with Crippen LogP contribution in [0.4, 0.5) is 5.69 Å². The van der Waals surface area contributed by atoms with Gasteiger partial charge in [-0.15, -0.1) is 0 Å². The number of thiocarbonyl (C=S) groups is 1.